The highest BCUT2D eigenvalue weighted by Crippen LogP contribution is 2.26. The first-order valence-electron chi connectivity index (χ1n) is 6.38. The van der Waals surface area contributed by atoms with Crippen LogP contribution in [-0.2, 0) is 0 Å². The van der Waals surface area contributed by atoms with Gasteiger partial charge in [-0.05, 0) is 104 Å². The Morgan fingerprint density at radius 2 is 1.67 bits per heavy atom. The number of hydrogen-bond acceptors (Lipinski definition) is 3. The number of carbonyl (C=O) groups is 2. The molecule has 0 aromatic heterocycles. The molecule has 0 heterocycles. The summed E-state index contributed by atoms with van der Waals surface area (Å²) in [6.07, 6.45) is 0. The molecule has 0 aliphatic carbocycles. The van der Waals surface area contributed by atoms with Crippen molar-refractivity contribution in [3.8, 4) is 0 Å². The van der Waals surface area contributed by atoms with Crippen molar-refractivity contribution in [1.82, 2.24) is 5.32 Å². The van der Waals surface area contributed by atoms with Crippen molar-refractivity contribution in [3.05, 3.63) is 58.2 Å². The molecule has 0 atom stereocenters. The number of carbonyl (C=O) groups excluding carboxylic acids is 1. The van der Waals surface area contributed by atoms with Crippen molar-refractivity contribution in [2.24, 2.45) is 0 Å². The Balaban J connectivity index is 2.20. The highest BCUT2D eigenvalue weighted by atomic mass is 127. The first-order valence-corrected chi connectivity index (χ1v) is 10.0. The van der Waals surface area contributed by atoms with E-state index in [0.29, 0.717) is 14.8 Å². The number of amides is 1. The zero-order valence-corrected chi connectivity index (χ0v) is 19.1. The van der Waals surface area contributed by atoms with Gasteiger partial charge in [0.1, 0.15) is 0 Å². The summed E-state index contributed by atoms with van der Waals surface area (Å²) >= 11 is 11.3. The molecule has 2 aromatic carbocycles. The SMILES string of the molecule is O=C(NC(=S)Nc1c(I)cc(I)cc1C(=O)O)c1ccccc1I. The molecule has 124 valence electrons. The fourth-order valence-electron chi connectivity index (χ4n) is 1.83. The molecular formula is C15H9I3N2O3S. The van der Waals surface area contributed by atoms with Crippen LogP contribution < -0.4 is 10.6 Å². The van der Waals surface area contributed by atoms with Gasteiger partial charge in [-0.1, -0.05) is 12.1 Å². The summed E-state index contributed by atoms with van der Waals surface area (Å²) < 4.78 is 2.29. The van der Waals surface area contributed by atoms with Gasteiger partial charge in [-0.25, -0.2) is 4.79 Å². The predicted molar refractivity (Wildman–Crippen MR) is 122 cm³/mol. The van der Waals surface area contributed by atoms with E-state index < -0.39 is 5.97 Å². The summed E-state index contributed by atoms with van der Waals surface area (Å²) in [7, 11) is 0. The minimum absolute atomic E-state index is 0.0428. The maximum atomic E-state index is 12.3. The monoisotopic (exact) mass is 678 g/mol. The number of thiocarbonyl (C=S) groups is 1. The van der Waals surface area contributed by atoms with Gasteiger partial charge in [0.05, 0.1) is 16.8 Å². The Bertz CT molecular complexity index is 843. The highest BCUT2D eigenvalue weighted by molar-refractivity contribution is 14.1. The van der Waals surface area contributed by atoms with Gasteiger partial charge in [-0.15, -0.1) is 0 Å². The van der Waals surface area contributed by atoms with E-state index in [1.165, 1.54) is 6.07 Å². The largest absolute Gasteiger partial charge is 0.478 e. The lowest BCUT2D eigenvalue weighted by Crippen LogP contribution is -2.35. The summed E-state index contributed by atoms with van der Waals surface area (Å²) in [6.45, 7) is 0. The zero-order valence-electron chi connectivity index (χ0n) is 11.8. The molecule has 0 aliphatic rings. The van der Waals surface area contributed by atoms with E-state index in [4.69, 9.17) is 12.2 Å². The number of nitrogens with one attached hydrogen (secondary N) is 2. The van der Waals surface area contributed by atoms with Gasteiger partial charge in [0.15, 0.2) is 5.11 Å². The van der Waals surface area contributed by atoms with Crippen molar-refractivity contribution in [2.75, 3.05) is 5.32 Å². The number of anilines is 1. The number of carboxylic acids is 1. The average Bonchev–Trinajstić information content (AvgIpc) is 2.49. The first kappa shape index (κ1) is 19.8. The Morgan fingerprint density at radius 3 is 2.29 bits per heavy atom. The highest BCUT2D eigenvalue weighted by Gasteiger charge is 2.17. The molecule has 2 rings (SSSR count). The molecule has 24 heavy (non-hydrogen) atoms. The van der Waals surface area contributed by atoms with Crippen LogP contribution in [0.5, 0.6) is 0 Å². The minimum Gasteiger partial charge on any atom is -0.478 e. The predicted octanol–water partition coefficient (Wildman–Crippen LogP) is 4.33. The van der Waals surface area contributed by atoms with Crippen LogP contribution in [-0.4, -0.2) is 22.1 Å². The van der Waals surface area contributed by atoms with E-state index >= 15 is 0 Å². The lowest BCUT2D eigenvalue weighted by molar-refractivity contribution is 0.0697. The normalized spacial score (nSPS) is 10.1. The van der Waals surface area contributed by atoms with Crippen LogP contribution in [0, 0.1) is 10.7 Å². The van der Waals surface area contributed by atoms with Crippen LogP contribution in [0.25, 0.3) is 0 Å². The van der Waals surface area contributed by atoms with E-state index in [1.807, 2.05) is 63.4 Å². The van der Waals surface area contributed by atoms with Crippen LogP contribution in [0.3, 0.4) is 0 Å². The van der Waals surface area contributed by atoms with Gasteiger partial charge >= 0.3 is 5.97 Å². The van der Waals surface area contributed by atoms with Gasteiger partial charge < -0.3 is 10.4 Å². The third kappa shape index (κ3) is 4.98. The summed E-state index contributed by atoms with van der Waals surface area (Å²) in [5, 5.41) is 14.8. The van der Waals surface area contributed by atoms with Crippen LogP contribution in [0.1, 0.15) is 20.7 Å². The number of rotatable bonds is 3. The lowest BCUT2D eigenvalue weighted by Gasteiger charge is -2.14. The molecule has 1 amide bonds. The van der Waals surface area contributed by atoms with Gasteiger partial charge in [-0.2, -0.15) is 0 Å². The Morgan fingerprint density at radius 1 is 1.00 bits per heavy atom. The second-order valence-corrected chi connectivity index (χ2v) is 8.48. The van der Waals surface area contributed by atoms with Crippen molar-refractivity contribution < 1.29 is 14.7 Å². The van der Waals surface area contributed by atoms with Crippen molar-refractivity contribution in [2.45, 2.75) is 0 Å². The van der Waals surface area contributed by atoms with E-state index in [9.17, 15) is 14.7 Å². The number of halogens is 3. The van der Waals surface area contributed by atoms with Gasteiger partial charge in [0.2, 0.25) is 0 Å². The second-order valence-electron chi connectivity index (χ2n) is 4.50. The second kappa shape index (κ2) is 8.71. The molecule has 9 heteroatoms. The number of benzene rings is 2. The standard InChI is InChI=1S/C15H9I3N2O3S/c16-7-5-9(14(22)23)12(11(18)6-7)19-15(24)20-13(21)8-3-1-2-4-10(8)17/h1-6H,(H,22,23)(H2,19,20,21,24). The zero-order chi connectivity index (χ0) is 17.9. The molecular weight excluding hydrogens is 669 g/mol. The third-order valence-electron chi connectivity index (χ3n) is 2.87. The number of carboxylic acid groups (broad SMARTS) is 1. The molecule has 0 unspecified atom stereocenters. The molecule has 2 aromatic rings. The fraction of sp³-hybridized carbons (Fsp3) is 0. The van der Waals surface area contributed by atoms with Crippen molar-refractivity contribution in [3.63, 3.8) is 0 Å². The molecule has 0 fully saturated rings. The van der Waals surface area contributed by atoms with Crippen LogP contribution in [0.4, 0.5) is 5.69 Å². The molecule has 0 saturated heterocycles. The van der Waals surface area contributed by atoms with Crippen molar-refractivity contribution >= 4 is 103 Å². The molecule has 0 radical (unpaired) electrons. The molecule has 5 nitrogen and oxygen atoms in total. The summed E-state index contributed by atoms with van der Waals surface area (Å²) in [5.41, 5.74) is 0.951. The quantitative estimate of drug-likeness (QED) is 0.333. The Hall–Kier alpha value is -0.540. The summed E-state index contributed by atoms with van der Waals surface area (Å²) in [4.78, 5) is 23.7. The van der Waals surface area contributed by atoms with E-state index in [2.05, 4.69) is 33.2 Å². The first-order chi connectivity index (χ1) is 11.3. The van der Waals surface area contributed by atoms with Gasteiger partial charge in [-0.3, -0.25) is 10.1 Å². The summed E-state index contributed by atoms with van der Waals surface area (Å²) in [6, 6.07) is 10.5. The Kier molecular flexibility index (Phi) is 7.18. The number of hydrogen-bond donors (Lipinski definition) is 3. The van der Waals surface area contributed by atoms with Gasteiger partial charge in [0.25, 0.3) is 5.91 Å². The van der Waals surface area contributed by atoms with Crippen LogP contribution >= 0.6 is 80.0 Å². The van der Waals surface area contributed by atoms with Crippen molar-refractivity contribution in [1.29, 1.82) is 0 Å². The topological polar surface area (TPSA) is 78.4 Å². The molecule has 3 N–H and O–H groups in total. The maximum Gasteiger partial charge on any atom is 0.337 e. The van der Waals surface area contributed by atoms with Gasteiger partial charge in [0, 0.05) is 10.7 Å². The average molecular weight is 678 g/mol. The summed E-state index contributed by atoms with van der Waals surface area (Å²) in [5.74, 6) is -1.42. The fourth-order valence-corrected chi connectivity index (χ4v) is 4.64. The lowest BCUT2D eigenvalue weighted by atomic mass is 10.2. The van der Waals surface area contributed by atoms with E-state index in [0.717, 1.165) is 7.14 Å². The molecule has 0 bridgehead atoms. The maximum absolute atomic E-state index is 12.3. The molecule has 0 saturated carbocycles. The van der Waals surface area contributed by atoms with E-state index in [-0.39, 0.29) is 16.6 Å². The van der Waals surface area contributed by atoms with Crippen LogP contribution in [0.2, 0.25) is 0 Å². The number of aromatic carboxylic acids is 1. The smallest absolute Gasteiger partial charge is 0.337 e. The Labute approximate surface area is 184 Å². The minimum atomic E-state index is -1.07. The molecule has 0 aliphatic heterocycles. The van der Waals surface area contributed by atoms with Crippen LogP contribution in [0.15, 0.2) is 36.4 Å². The van der Waals surface area contributed by atoms with E-state index in [1.54, 1.807) is 12.1 Å². The third-order valence-corrected chi connectivity index (χ3v) is 5.49. The molecule has 0 spiro atoms.